The first kappa shape index (κ1) is 10.6. The Labute approximate surface area is 95.9 Å². The third-order valence-corrected chi connectivity index (χ3v) is 2.71. The van der Waals surface area contributed by atoms with Crippen LogP contribution in [-0.4, -0.2) is 5.10 Å². The van der Waals surface area contributed by atoms with Gasteiger partial charge in [-0.1, -0.05) is 35.5 Å². The van der Waals surface area contributed by atoms with Crippen molar-refractivity contribution in [1.29, 1.82) is 0 Å². The number of nitrogens with zero attached hydrogens (tertiary/aromatic N) is 2. The number of rotatable bonds is 2. The van der Waals surface area contributed by atoms with Gasteiger partial charge in [0.05, 0.1) is 17.3 Å². The average molecular weight is 211 g/mol. The number of aromatic nitrogens is 2. The van der Waals surface area contributed by atoms with Crippen LogP contribution in [0.1, 0.15) is 11.1 Å². The van der Waals surface area contributed by atoms with Crippen LogP contribution in [0.3, 0.4) is 0 Å². The summed E-state index contributed by atoms with van der Waals surface area (Å²) < 4.78 is 1.89. The SMILES string of the molecule is C=Cc1ccn[n+](C)c1-c1ccccc1C. The van der Waals surface area contributed by atoms with E-state index in [9.17, 15) is 0 Å². The molecule has 0 N–H and O–H groups in total. The van der Waals surface area contributed by atoms with Gasteiger partial charge in [-0.15, -0.1) is 0 Å². The lowest BCUT2D eigenvalue weighted by atomic mass is 10.0. The van der Waals surface area contributed by atoms with E-state index in [1.54, 1.807) is 6.20 Å². The first-order chi connectivity index (χ1) is 7.74. The van der Waals surface area contributed by atoms with E-state index in [1.165, 1.54) is 11.1 Å². The van der Waals surface area contributed by atoms with E-state index in [0.29, 0.717) is 0 Å². The van der Waals surface area contributed by atoms with Gasteiger partial charge in [-0.3, -0.25) is 0 Å². The molecule has 0 saturated heterocycles. The van der Waals surface area contributed by atoms with Crippen LogP contribution in [0.5, 0.6) is 0 Å². The maximum atomic E-state index is 4.27. The molecule has 0 bridgehead atoms. The molecule has 2 nitrogen and oxygen atoms in total. The highest BCUT2D eigenvalue weighted by molar-refractivity contribution is 5.70. The molecule has 0 aliphatic heterocycles. The highest BCUT2D eigenvalue weighted by atomic mass is 15.2. The first-order valence-corrected chi connectivity index (χ1v) is 5.28. The summed E-state index contributed by atoms with van der Waals surface area (Å²) in [6, 6.07) is 10.3. The Morgan fingerprint density at radius 1 is 1.25 bits per heavy atom. The van der Waals surface area contributed by atoms with Gasteiger partial charge >= 0.3 is 0 Å². The molecule has 0 unspecified atom stereocenters. The van der Waals surface area contributed by atoms with Gasteiger partial charge in [0.2, 0.25) is 5.69 Å². The average Bonchev–Trinajstić information content (AvgIpc) is 2.30. The van der Waals surface area contributed by atoms with Crippen molar-refractivity contribution in [2.45, 2.75) is 6.92 Å². The van der Waals surface area contributed by atoms with E-state index in [2.05, 4.69) is 30.7 Å². The van der Waals surface area contributed by atoms with Crippen LogP contribution in [0.15, 0.2) is 43.1 Å². The minimum Gasteiger partial charge on any atom is -0.0982 e. The molecule has 0 fully saturated rings. The Hall–Kier alpha value is -1.96. The molecule has 2 rings (SSSR count). The highest BCUT2D eigenvalue weighted by Crippen LogP contribution is 2.23. The zero-order valence-corrected chi connectivity index (χ0v) is 9.64. The summed E-state index contributed by atoms with van der Waals surface area (Å²) in [6.07, 6.45) is 3.66. The quantitative estimate of drug-likeness (QED) is 0.697. The van der Waals surface area contributed by atoms with Gasteiger partial charge in [-0.05, 0) is 29.7 Å². The Morgan fingerprint density at radius 3 is 2.69 bits per heavy atom. The summed E-state index contributed by atoms with van der Waals surface area (Å²) >= 11 is 0. The molecular weight excluding hydrogens is 196 g/mol. The smallest absolute Gasteiger partial charge is 0.0982 e. The van der Waals surface area contributed by atoms with Crippen molar-refractivity contribution in [2.24, 2.45) is 7.05 Å². The molecule has 0 aliphatic carbocycles. The molecule has 80 valence electrons. The second-order valence-electron chi connectivity index (χ2n) is 3.78. The minimum absolute atomic E-state index is 1.10. The van der Waals surface area contributed by atoms with Gasteiger partial charge in [0.25, 0.3) is 0 Å². The summed E-state index contributed by atoms with van der Waals surface area (Å²) in [5.74, 6) is 0. The maximum absolute atomic E-state index is 4.27. The molecule has 2 heteroatoms. The van der Waals surface area contributed by atoms with E-state index in [4.69, 9.17) is 0 Å². The van der Waals surface area contributed by atoms with Crippen LogP contribution in [-0.2, 0) is 7.05 Å². The van der Waals surface area contributed by atoms with Crippen molar-refractivity contribution < 1.29 is 4.68 Å². The van der Waals surface area contributed by atoms with Crippen LogP contribution < -0.4 is 4.68 Å². The molecule has 0 atom stereocenters. The van der Waals surface area contributed by atoms with E-state index < -0.39 is 0 Å². The topological polar surface area (TPSA) is 16.8 Å². The summed E-state index contributed by atoms with van der Waals surface area (Å²) in [6.45, 7) is 5.95. The van der Waals surface area contributed by atoms with Crippen molar-refractivity contribution in [2.75, 3.05) is 0 Å². The van der Waals surface area contributed by atoms with Crippen LogP contribution >= 0.6 is 0 Å². The molecule has 1 aromatic heterocycles. The van der Waals surface area contributed by atoms with Crippen LogP contribution in [0, 0.1) is 6.92 Å². The van der Waals surface area contributed by atoms with Gasteiger partial charge in [0.1, 0.15) is 0 Å². The predicted molar refractivity (Wildman–Crippen MR) is 65.7 cm³/mol. The summed E-state index contributed by atoms with van der Waals surface area (Å²) in [7, 11) is 1.95. The molecule has 2 aromatic rings. The number of aryl methyl sites for hydroxylation is 2. The lowest BCUT2D eigenvalue weighted by Crippen LogP contribution is -2.36. The first-order valence-electron chi connectivity index (χ1n) is 5.28. The molecule has 0 radical (unpaired) electrons. The molecule has 1 heterocycles. The van der Waals surface area contributed by atoms with Crippen LogP contribution in [0.2, 0.25) is 0 Å². The highest BCUT2D eigenvalue weighted by Gasteiger charge is 2.16. The van der Waals surface area contributed by atoms with E-state index >= 15 is 0 Å². The lowest BCUT2D eigenvalue weighted by Gasteiger charge is -2.04. The Morgan fingerprint density at radius 2 is 2.00 bits per heavy atom. The molecule has 1 aromatic carbocycles. The largest absolute Gasteiger partial charge is 0.246 e. The van der Waals surface area contributed by atoms with Crippen molar-refractivity contribution in [3.05, 3.63) is 54.2 Å². The van der Waals surface area contributed by atoms with Crippen LogP contribution in [0.25, 0.3) is 17.3 Å². The molecule has 0 amide bonds. The standard InChI is InChI=1S/C14H15N2/c1-4-12-9-10-15-16(3)14(12)13-8-6-5-7-11(13)2/h4-10H,1H2,2-3H3/q+1. The monoisotopic (exact) mass is 211 g/mol. The second kappa shape index (κ2) is 4.27. The normalized spacial score (nSPS) is 10.1. The van der Waals surface area contributed by atoms with Crippen molar-refractivity contribution in [3.63, 3.8) is 0 Å². The van der Waals surface area contributed by atoms with Crippen molar-refractivity contribution >= 4 is 6.08 Å². The zero-order valence-electron chi connectivity index (χ0n) is 9.64. The predicted octanol–water partition coefficient (Wildman–Crippen LogP) is 2.52. The fraction of sp³-hybridized carbons (Fsp3) is 0.143. The maximum Gasteiger partial charge on any atom is 0.246 e. The van der Waals surface area contributed by atoms with E-state index in [1.807, 2.05) is 36.0 Å². The summed E-state index contributed by atoms with van der Waals surface area (Å²) in [5.41, 5.74) is 4.66. The number of benzene rings is 1. The Kier molecular flexibility index (Phi) is 2.82. The van der Waals surface area contributed by atoms with E-state index in [-0.39, 0.29) is 0 Å². The van der Waals surface area contributed by atoms with Gasteiger partial charge in [0, 0.05) is 0 Å². The zero-order chi connectivity index (χ0) is 11.5. The second-order valence-corrected chi connectivity index (χ2v) is 3.78. The fourth-order valence-electron chi connectivity index (χ4n) is 1.87. The van der Waals surface area contributed by atoms with Crippen molar-refractivity contribution in [1.82, 2.24) is 5.10 Å². The molecule has 0 saturated carbocycles. The van der Waals surface area contributed by atoms with E-state index in [0.717, 1.165) is 11.3 Å². The molecular formula is C14H15N2+. The Bertz CT molecular complexity index is 530. The Balaban J connectivity index is 2.73. The van der Waals surface area contributed by atoms with Gasteiger partial charge < -0.3 is 0 Å². The fourth-order valence-corrected chi connectivity index (χ4v) is 1.87. The van der Waals surface area contributed by atoms with Gasteiger partial charge in [-0.2, -0.15) is 0 Å². The number of hydrogen-bond donors (Lipinski definition) is 0. The third kappa shape index (κ3) is 1.74. The molecule has 16 heavy (non-hydrogen) atoms. The lowest BCUT2D eigenvalue weighted by molar-refractivity contribution is -0.720. The molecule has 0 spiro atoms. The summed E-state index contributed by atoms with van der Waals surface area (Å²) in [4.78, 5) is 0. The number of hydrogen-bond acceptors (Lipinski definition) is 1. The van der Waals surface area contributed by atoms with Crippen molar-refractivity contribution in [3.8, 4) is 11.3 Å². The molecule has 0 aliphatic rings. The van der Waals surface area contributed by atoms with Crippen LogP contribution in [0.4, 0.5) is 0 Å². The third-order valence-electron chi connectivity index (χ3n) is 2.71. The van der Waals surface area contributed by atoms with Gasteiger partial charge in [0.15, 0.2) is 7.05 Å². The summed E-state index contributed by atoms with van der Waals surface area (Å²) in [5, 5.41) is 4.27. The van der Waals surface area contributed by atoms with Gasteiger partial charge in [-0.25, -0.2) is 0 Å². The minimum atomic E-state index is 1.10.